The minimum Gasteiger partial charge on any atom is -0.496 e. The molecule has 0 bridgehead atoms. The third kappa shape index (κ3) is 6.31. The van der Waals surface area contributed by atoms with Crippen LogP contribution in [-0.4, -0.2) is 34.2 Å². The largest absolute Gasteiger partial charge is 0.496 e. The summed E-state index contributed by atoms with van der Waals surface area (Å²) < 4.78 is 20.0. The van der Waals surface area contributed by atoms with Crippen molar-refractivity contribution in [3.8, 4) is 5.75 Å². The second kappa shape index (κ2) is 13.0. The van der Waals surface area contributed by atoms with Gasteiger partial charge in [0.2, 0.25) is 0 Å². The number of fused-ring (bicyclic) bond motifs is 1. The minimum absolute atomic E-state index is 0.156. The molecule has 1 aliphatic heterocycles. The number of benzene rings is 2. The van der Waals surface area contributed by atoms with Crippen molar-refractivity contribution in [2.24, 2.45) is 4.99 Å². The summed E-state index contributed by atoms with van der Waals surface area (Å²) in [4.78, 5) is 42.2. The van der Waals surface area contributed by atoms with E-state index in [1.165, 1.54) is 27.7 Å². The number of carbonyl (C=O) groups excluding carboxylic acids is 1. The molecule has 12 heteroatoms. The van der Waals surface area contributed by atoms with Gasteiger partial charge in [0, 0.05) is 33.1 Å². The molecule has 1 aliphatic rings. The summed E-state index contributed by atoms with van der Waals surface area (Å²) in [5.74, 6) is 0.425. The van der Waals surface area contributed by atoms with Gasteiger partial charge in [-0.3, -0.25) is 9.36 Å². The Balaban J connectivity index is 1.54. The lowest BCUT2D eigenvalue weighted by Gasteiger charge is -2.27. The number of aryl methyl sites for hydroxylation is 2. The summed E-state index contributed by atoms with van der Waals surface area (Å²) in [5, 5.41) is 1.17. The minimum atomic E-state index is -0.880. The van der Waals surface area contributed by atoms with E-state index in [1.54, 1.807) is 32.2 Å². The Kier molecular flexibility index (Phi) is 8.88. The zero-order valence-electron chi connectivity index (χ0n) is 24.7. The molecular formula is C33H27BrN4O5S2. The van der Waals surface area contributed by atoms with Crippen LogP contribution in [0.5, 0.6) is 5.75 Å². The van der Waals surface area contributed by atoms with Gasteiger partial charge in [-0.05, 0) is 68.9 Å². The van der Waals surface area contributed by atoms with Crippen LogP contribution in [0.25, 0.3) is 11.8 Å². The second-order valence-electron chi connectivity index (χ2n) is 10.0. The van der Waals surface area contributed by atoms with E-state index in [9.17, 15) is 9.59 Å². The highest BCUT2D eigenvalue weighted by atomic mass is 79.9. The number of esters is 1. The van der Waals surface area contributed by atoms with Crippen LogP contribution in [-0.2, 0) is 9.53 Å². The summed E-state index contributed by atoms with van der Waals surface area (Å²) >= 11 is 6.07. The van der Waals surface area contributed by atoms with Crippen molar-refractivity contribution in [2.45, 2.75) is 37.1 Å². The lowest BCUT2D eigenvalue weighted by atomic mass is 9.92. The van der Waals surface area contributed by atoms with Gasteiger partial charge in [-0.2, -0.15) is 0 Å². The number of thiazole rings is 1. The van der Waals surface area contributed by atoms with Crippen LogP contribution < -0.4 is 19.6 Å². The predicted molar refractivity (Wildman–Crippen MR) is 176 cm³/mol. The number of nitrogens with zero attached hydrogens (tertiary/aromatic N) is 4. The van der Waals surface area contributed by atoms with E-state index in [2.05, 4.69) is 25.9 Å². The lowest BCUT2D eigenvalue weighted by molar-refractivity contribution is -0.138. The van der Waals surface area contributed by atoms with Gasteiger partial charge >= 0.3 is 5.97 Å². The van der Waals surface area contributed by atoms with Gasteiger partial charge in [0.15, 0.2) is 15.1 Å². The summed E-state index contributed by atoms with van der Waals surface area (Å²) in [6.45, 7) is 5.73. The van der Waals surface area contributed by atoms with Crippen molar-refractivity contribution in [2.75, 3.05) is 13.7 Å². The predicted octanol–water partition coefficient (Wildman–Crippen LogP) is 5.86. The molecular weight excluding hydrogens is 676 g/mol. The number of furan rings is 1. The van der Waals surface area contributed by atoms with Gasteiger partial charge in [0.25, 0.3) is 5.56 Å². The molecule has 6 rings (SSSR count). The SMILES string of the molecule is CCOC(=O)C1=C(c2ccccc2)N=c2s/c(=C\c3ccc(Sc4nc(C)cc(C)n4)o3)c(=O)n2[C@@H]1c1cc(Br)ccc1OC. The quantitative estimate of drug-likeness (QED) is 0.146. The van der Waals surface area contributed by atoms with E-state index >= 15 is 0 Å². The molecule has 0 saturated carbocycles. The molecule has 5 aromatic rings. The number of methoxy groups -OCH3 is 1. The molecule has 1 atom stereocenters. The molecule has 0 N–H and O–H groups in total. The van der Waals surface area contributed by atoms with Crippen molar-refractivity contribution in [1.29, 1.82) is 0 Å². The summed E-state index contributed by atoms with van der Waals surface area (Å²) in [7, 11) is 1.55. The van der Waals surface area contributed by atoms with E-state index in [-0.39, 0.29) is 17.7 Å². The number of carbonyl (C=O) groups is 1. The molecule has 0 amide bonds. The molecule has 0 aliphatic carbocycles. The Morgan fingerprint density at radius 1 is 1.09 bits per heavy atom. The number of hydrogen-bond acceptors (Lipinski definition) is 10. The van der Waals surface area contributed by atoms with Crippen LogP contribution in [0.2, 0.25) is 0 Å². The third-order valence-electron chi connectivity index (χ3n) is 6.89. The molecule has 0 fully saturated rings. The first-order valence-electron chi connectivity index (χ1n) is 14.0. The lowest BCUT2D eigenvalue weighted by Crippen LogP contribution is -2.40. The Bertz CT molecular complexity index is 2120. The molecule has 0 radical (unpaired) electrons. The molecule has 228 valence electrons. The van der Waals surface area contributed by atoms with Crippen LogP contribution in [0, 0.1) is 13.8 Å². The van der Waals surface area contributed by atoms with Crippen LogP contribution in [0.1, 0.15) is 41.2 Å². The zero-order valence-corrected chi connectivity index (χ0v) is 28.0. The Hall–Kier alpha value is -4.26. The maximum atomic E-state index is 14.2. The molecule has 4 heterocycles. The Morgan fingerprint density at radius 3 is 2.56 bits per heavy atom. The van der Waals surface area contributed by atoms with E-state index in [0.29, 0.717) is 42.4 Å². The van der Waals surface area contributed by atoms with Crippen molar-refractivity contribution in [3.05, 3.63) is 125 Å². The monoisotopic (exact) mass is 702 g/mol. The Morgan fingerprint density at radius 2 is 1.84 bits per heavy atom. The number of aromatic nitrogens is 3. The average Bonchev–Trinajstić information content (AvgIpc) is 3.59. The Labute approximate surface area is 275 Å². The number of rotatable bonds is 8. The third-order valence-corrected chi connectivity index (χ3v) is 9.15. The number of hydrogen-bond donors (Lipinski definition) is 0. The van der Waals surface area contributed by atoms with E-state index in [1.807, 2.05) is 68.4 Å². The molecule has 0 spiro atoms. The van der Waals surface area contributed by atoms with Gasteiger partial charge in [-0.15, -0.1) is 0 Å². The normalized spacial score (nSPS) is 14.7. The number of halogens is 1. The van der Waals surface area contributed by atoms with Crippen molar-refractivity contribution < 1.29 is 18.7 Å². The van der Waals surface area contributed by atoms with Gasteiger partial charge in [0.05, 0.1) is 29.5 Å². The fourth-order valence-electron chi connectivity index (χ4n) is 5.08. The maximum absolute atomic E-state index is 14.2. The van der Waals surface area contributed by atoms with Crippen molar-refractivity contribution >= 4 is 56.8 Å². The summed E-state index contributed by atoms with van der Waals surface area (Å²) in [5.41, 5.74) is 3.40. The molecule has 3 aromatic heterocycles. The average molecular weight is 704 g/mol. The molecule has 45 heavy (non-hydrogen) atoms. The van der Waals surface area contributed by atoms with Gasteiger partial charge in [-0.1, -0.05) is 57.6 Å². The first-order chi connectivity index (χ1) is 21.7. The first-order valence-corrected chi connectivity index (χ1v) is 16.4. The first kappa shape index (κ1) is 30.8. The van der Waals surface area contributed by atoms with Gasteiger partial charge in [0.1, 0.15) is 17.6 Å². The van der Waals surface area contributed by atoms with Crippen molar-refractivity contribution in [3.63, 3.8) is 0 Å². The van der Waals surface area contributed by atoms with Crippen LogP contribution in [0.15, 0.2) is 101 Å². The van der Waals surface area contributed by atoms with Crippen LogP contribution >= 0.6 is 39.0 Å². The van der Waals surface area contributed by atoms with E-state index in [4.69, 9.17) is 18.9 Å². The molecule has 0 saturated heterocycles. The highest BCUT2D eigenvalue weighted by Crippen LogP contribution is 2.40. The fraction of sp³-hybridized carbons (Fsp3) is 0.182. The van der Waals surface area contributed by atoms with Crippen molar-refractivity contribution in [1.82, 2.24) is 14.5 Å². The smallest absolute Gasteiger partial charge is 0.338 e. The van der Waals surface area contributed by atoms with E-state index in [0.717, 1.165) is 21.4 Å². The highest BCUT2D eigenvalue weighted by Gasteiger charge is 2.37. The van der Waals surface area contributed by atoms with Crippen LogP contribution in [0.4, 0.5) is 0 Å². The molecule has 0 unspecified atom stereocenters. The summed E-state index contributed by atoms with van der Waals surface area (Å²) in [6, 6.07) is 19.5. The second-order valence-corrected chi connectivity index (χ2v) is 12.9. The maximum Gasteiger partial charge on any atom is 0.338 e. The van der Waals surface area contributed by atoms with Gasteiger partial charge < -0.3 is 13.9 Å². The summed E-state index contributed by atoms with van der Waals surface area (Å²) in [6.07, 6.45) is 1.68. The zero-order chi connectivity index (χ0) is 31.7. The van der Waals surface area contributed by atoms with Crippen LogP contribution in [0.3, 0.4) is 0 Å². The standard InChI is InChI=1S/C33H27BrN4O5S2/c1-5-42-31(40)27-28(20-9-7-6-8-10-20)37-33-38(29(27)23-16-21(34)11-13-24(23)41-4)30(39)25(44-33)17-22-12-14-26(43-22)45-32-35-18(2)15-19(3)36-32/h6-17,29H,5H2,1-4H3/b25-17-/t29-/m1/s1. The number of ether oxygens (including phenoxy) is 2. The molecule has 9 nitrogen and oxygen atoms in total. The topological polar surface area (TPSA) is 109 Å². The van der Waals surface area contributed by atoms with Gasteiger partial charge in [-0.25, -0.2) is 19.8 Å². The van der Waals surface area contributed by atoms with E-state index < -0.39 is 12.0 Å². The highest BCUT2D eigenvalue weighted by molar-refractivity contribution is 9.10. The molecule has 2 aromatic carbocycles. The fourth-order valence-corrected chi connectivity index (χ4v) is 7.27.